The smallest absolute Gasteiger partial charge is 0.0594 e. The Morgan fingerprint density at radius 3 is 2.45 bits per heavy atom. The number of nitrogens with zero attached hydrogens (tertiary/aromatic N) is 2. The van der Waals surface area contributed by atoms with Gasteiger partial charge in [0.2, 0.25) is 0 Å². The summed E-state index contributed by atoms with van der Waals surface area (Å²) in [6, 6.07) is 0.745. The van der Waals surface area contributed by atoms with Crippen molar-refractivity contribution in [2.45, 2.75) is 39.4 Å². The predicted octanol–water partition coefficient (Wildman–Crippen LogP) is 1.38. The van der Waals surface area contributed by atoms with Crippen LogP contribution in [0.25, 0.3) is 0 Å². The molecule has 1 aliphatic rings. The minimum absolute atomic E-state index is 0.643. The molecule has 2 heteroatoms. The zero-order chi connectivity index (χ0) is 8.43. The van der Waals surface area contributed by atoms with Crippen molar-refractivity contribution in [1.82, 2.24) is 9.80 Å². The maximum absolute atomic E-state index is 2.57. The third-order valence-electron chi connectivity index (χ3n) is 2.99. The summed E-state index contributed by atoms with van der Waals surface area (Å²) in [5.41, 5.74) is 0. The zero-order valence-corrected chi connectivity index (χ0v) is 8.17. The fraction of sp³-hybridized carbons (Fsp3) is 1.00. The Labute approximate surface area is 70.2 Å². The highest BCUT2D eigenvalue weighted by molar-refractivity contribution is 4.79. The standard InChI is InChI=1S/C9H20N2/c1-5-8(2)11-7-6-10(4)9(11)3/h8-9H,5-7H2,1-4H3. The van der Waals surface area contributed by atoms with Gasteiger partial charge in [0.05, 0.1) is 6.17 Å². The van der Waals surface area contributed by atoms with Gasteiger partial charge in [0.15, 0.2) is 0 Å². The highest BCUT2D eigenvalue weighted by atomic mass is 15.4. The van der Waals surface area contributed by atoms with Crippen molar-refractivity contribution in [3.8, 4) is 0 Å². The molecule has 0 radical (unpaired) electrons. The highest BCUT2D eigenvalue weighted by Crippen LogP contribution is 2.16. The van der Waals surface area contributed by atoms with Gasteiger partial charge in [-0.15, -0.1) is 0 Å². The van der Waals surface area contributed by atoms with Crippen LogP contribution in [0.2, 0.25) is 0 Å². The van der Waals surface area contributed by atoms with Crippen molar-refractivity contribution in [2.24, 2.45) is 0 Å². The normalized spacial score (nSPS) is 31.1. The molecule has 1 saturated heterocycles. The fourth-order valence-corrected chi connectivity index (χ4v) is 1.72. The molecule has 2 unspecified atom stereocenters. The summed E-state index contributed by atoms with van der Waals surface area (Å²) in [5, 5.41) is 0. The number of hydrogen-bond acceptors (Lipinski definition) is 2. The van der Waals surface area contributed by atoms with Crippen molar-refractivity contribution in [3.63, 3.8) is 0 Å². The molecule has 2 nitrogen and oxygen atoms in total. The summed E-state index contributed by atoms with van der Waals surface area (Å²) in [6.07, 6.45) is 1.91. The van der Waals surface area contributed by atoms with Crippen molar-refractivity contribution in [2.75, 3.05) is 20.1 Å². The largest absolute Gasteiger partial charge is 0.290 e. The topological polar surface area (TPSA) is 6.48 Å². The molecular formula is C9H20N2. The molecule has 0 aromatic rings. The van der Waals surface area contributed by atoms with E-state index >= 15 is 0 Å². The fourth-order valence-electron chi connectivity index (χ4n) is 1.72. The van der Waals surface area contributed by atoms with Gasteiger partial charge >= 0.3 is 0 Å². The van der Waals surface area contributed by atoms with E-state index in [4.69, 9.17) is 0 Å². The van der Waals surface area contributed by atoms with E-state index < -0.39 is 0 Å². The van der Waals surface area contributed by atoms with E-state index in [2.05, 4.69) is 37.6 Å². The van der Waals surface area contributed by atoms with Gasteiger partial charge in [0.25, 0.3) is 0 Å². The van der Waals surface area contributed by atoms with Crippen molar-refractivity contribution in [1.29, 1.82) is 0 Å². The summed E-state index contributed by atoms with van der Waals surface area (Å²) in [6.45, 7) is 9.34. The number of hydrogen-bond donors (Lipinski definition) is 0. The average molecular weight is 156 g/mol. The molecule has 0 aliphatic carbocycles. The minimum Gasteiger partial charge on any atom is -0.290 e. The first-order valence-electron chi connectivity index (χ1n) is 4.62. The van der Waals surface area contributed by atoms with E-state index in [1.54, 1.807) is 0 Å². The summed E-state index contributed by atoms with van der Waals surface area (Å²) in [7, 11) is 2.20. The van der Waals surface area contributed by atoms with Gasteiger partial charge in [-0.2, -0.15) is 0 Å². The van der Waals surface area contributed by atoms with Crippen LogP contribution in [0.5, 0.6) is 0 Å². The first-order chi connectivity index (χ1) is 5.16. The first kappa shape index (κ1) is 9.01. The predicted molar refractivity (Wildman–Crippen MR) is 48.6 cm³/mol. The van der Waals surface area contributed by atoms with Crippen LogP contribution in [-0.4, -0.2) is 42.1 Å². The van der Waals surface area contributed by atoms with Crippen LogP contribution in [0, 0.1) is 0 Å². The van der Waals surface area contributed by atoms with E-state index in [9.17, 15) is 0 Å². The van der Waals surface area contributed by atoms with Crippen LogP contribution in [0.3, 0.4) is 0 Å². The lowest BCUT2D eigenvalue weighted by atomic mass is 10.2. The van der Waals surface area contributed by atoms with Gasteiger partial charge < -0.3 is 0 Å². The van der Waals surface area contributed by atoms with E-state index in [0.717, 1.165) is 6.04 Å². The molecule has 1 heterocycles. The first-order valence-corrected chi connectivity index (χ1v) is 4.62. The van der Waals surface area contributed by atoms with E-state index in [0.29, 0.717) is 6.17 Å². The second-order valence-corrected chi connectivity index (χ2v) is 3.61. The SMILES string of the molecule is CCC(C)N1CCN(C)C1C. The third-order valence-corrected chi connectivity index (χ3v) is 2.99. The van der Waals surface area contributed by atoms with Crippen LogP contribution in [0.15, 0.2) is 0 Å². The van der Waals surface area contributed by atoms with Gasteiger partial charge in [-0.3, -0.25) is 9.80 Å². The molecule has 0 aromatic carbocycles. The van der Waals surface area contributed by atoms with E-state index in [1.807, 2.05) is 0 Å². The molecule has 1 rings (SSSR count). The van der Waals surface area contributed by atoms with Gasteiger partial charge in [-0.25, -0.2) is 0 Å². The highest BCUT2D eigenvalue weighted by Gasteiger charge is 2.27. The van der Waals surface area contributed by atoms with Crippen LogP contribution in [-0.2, 0) is 0 Å². The van der Waals surface area contributed by atoms with E-state index in [-0.39, 0.29) is 0 Å². The van der Waals surface area contributed by atoms with Gasteiger partial charge in [-0.1, -0.05) is 6.92 Å². The number of likely N-dealkylation sites (N-methyl/N-ethyl adjacent to an activating group) is 1. The molecule has 0 amide bonds. The van der Waals surface area contributed by atoms with Gasteiger partial charge in [0.1, 0.15) is 0 Å². The van der Waals surface area contributed by atoms with Crippen molar-refractivity contribution < 1.29 is 0 Å². The second kappa shape index (κ2) is 3.55. The summed E-state index contributed by atoms with van der Waals surface area (Å²) < 4.78 is 0. The van der Waals surface area contributed by atoms with Gasteiger partial charge in [-0.05, 0) is 27.3 Å². The lowest BCUT2D eigenvalue weighted by Gasteiger charge is -2.29. The maximum Gasteiger partial charge on any atom is 0.0594 e. The Balaban J connectivity index is 2.47. The molecule has 0 N–H and O–H groups in total. The summed E-state index contributed by atoms with van der Waals surface area (Å²) >= 11 is 0. The second-order valence-electron chi connectivity index (χ2n) is 3.61. The quantitative estimate of drug-likeness (QED) is 0.596. The molecule has 0 bridgehead atoms. The molecular weight excluding hydrogens is 136 g/mol. The minimum atomic E-state index is 0.643. The van der Waals surface area contributed by atoms with Crippen molar-refractivity contribution in [3.05, 3.63) is 0 Å². The van der Waals surface area contributed by atoms with Crippen LogP contribution >= 0.6 is 0 Å². The van der Waals surface area contributed by atoms with Crippen LogP contribution < -0.4 is 0 Å². The monoisotopic (exact) mass is 156 g/mol. The molecule has 0 aromatic heterocycles. The molecule has 2 atom stereocenters. The third kappa shape index (κ3) is 1.74. The molecule has 1 fully saturated rings. The molecule has 1 aliphatic heterocycles. The Morgan fingerprint density at radius 1 is 1.45 bits per heavy atom. The van der Waals surface area contributed by atoms with Gasteiger partial charge in [0, 0.05) is 19.1 Å². The Bertz CT molecular complexity index is 125. The average Bonchev–Trinajstić information content (AvgIpc) is 2.32. The molecule has 0 spiro atoms. The lowest BCUT2D eigenvalue weighted by Crippen LogP contribution is -2.39. The Kier molecular flexibility index (Phi) is 2.90. The number of rotatable bonds is 2. The molecule has 11 heavy (non-hydrogen) atoms. The summed E-state index contributed by atoms with van der Waals surface area (Å²) in [5.74, 6) is 0. The van der Waals surface area contributed by atoms with Crippen LogP contribution in [0.1, 0.15) is 27.2 Å². The Morgan fingerprint density at radius 2 is 2.09 bits per heavy atom. The zero-order valence-electron chi connectivity index (χ0n) is 8.17. The van der Waals surface area contributed by atoms with Crippen molar-refractivity contribution >= 4 is 0 Å². The maximum atomic E-state index is 2.57. The Hall–Kier alpha value is -0.0800. The van der Waals surface area contributed by atoms with E-state index in [1.165, 1.54) is 19.5 Å². The summed E-state index contributed by atoms with van der Waals surface area (Å²) in [4.78, 5) is 4.98. The lowest BCUT2D eigenvalue weighted by molar-refractivity contribution is 0.134. The molecule has 0 saturated carbocycles. The molecule has 66 valence electrons. The van der Waals surface area contributed by atoms with Crippen LogP contribution in [0.4, 0.5) is 0 Å².